The lowest BCUT2D eigenvalue weighted by Crippen LogP contribution is -2.46. The zero-order chi connectivity index (χ0) is 15.4. The van der Waals surface area contributed by atoms with Gasteiger partial charge in [0.25, 0.3) is 0 Å². The van der Waals surface area contributed by atoms with Crippen LogP contribution in [0.2, 0.25) is 6.04 Å². The van der Waals surface area contributed by atoms with E-state index in [0.717, 1.165) is 24.6 Å². The van der Waals surface area contributed by atoms with Crippen LogP contribution < -0.4 is 5.73 Å². The molecule has 0 amide bonds. The molecular formula is C15H33NO3Si. The molecule has 0 aliphatic carbocycles. The van der Waals surface area contributed by atoms with E-state index >= 15 is 0 Å². The number of hydrogen-bond acceptors (Lipinski definition) is 4. The van der Waals surface area contributed by atoms with Crippen molar-refractivity contribution in [1.82, 2.24) is 0 Å². The molecule has 120 valence electrons. The maximum Gasteiger partial charge on any atom is 0.501 e. The van der Waals surface area contributed by atoms with E-state index in [4.69, 9.17) is 19.0 Å². The third-order valence-electron chi connectivity index (χ3n) is 3.25. The van der Waals surface area contributed by atoms with Crippen LogP contribution in [0.3, 0.4) is 0 Å². The molecule has 0 spiro atoms. The van der Waals surface area contributed by atoms with Crippen molar-refractivity contribution in [3.8, 4) is 0 Å². The monoisotopic (exact) mass is 303 g/mol. The highest BCUT2D eigenvalue weighted by Crippen LogP contribution is 2.22. The first-order valence-electron chi connectivity index (χ1n) is 7.91. The molecule has 4 nitrogen and oxygen atoms in total. The molecule has 2 N–H and O–H groups in total. The van der Waals surface area contributed by atoms with Gasteiger partial charge in [0.15, 0.2) is 0 Å². The van der Waals surface area contributed by atoms with Gasteiger partial charge in [0.2, 0.25) is 0 Å². The molecule has 0 rings (SSSR count). The van der Waals surface area contributed by atoms with Gasteiger partial charge in [-0.2, -0.15) is 0 Å². The molecular weight excluding hydrogens is 270 g/mol. The minimum absolute atomic E-state index is 0.616. The summed E-state index contributed by atoms with van der Waals surface area (Å²) < 4.78 is 17.5. The van der Waals surface area contributed by atoms with Crippen LogP contribution in [0.5, 0.6) is 0 Å². The molecule has 0 radical (unpaired) electrons. The lowest BCUT2D eigenvalue weighted by atomic mass is 10.1. The number of allylic oxidation sites excluding steroid dienone is 2. The van der Waals surface area contributed by atoms with E-state index < -0.39 is 8.80 Å². The SMILES string of the molecule is CCCCC(C)=C(N)CC[Si](OCC)(OCC)OCC. The van der Waals surface area contributed by atoms with Gasteiger partial charge in [-0.25, -0.2) is 0 Å². The highest BCUT2D eigenvalue weighted by atomic mass is 28.4. The van der Waals surface area contributed by atoms with Crippen molar-refractivity contribution in [1.29, 1.82) is 0 Å². The summed E-state index contributed by atoms with van der Waals surface area (Å²) in [6, 6.07) is 0.762. The van der Waals surface area contributed by atoms with Crippen LogP contribution in [0.1, 0.15) is 60.3 Å². The van der Waals surface area contributed by atoms with E-state index in [1.54, 1.807) is 0 Å². The van der Waals surface area contributed by atoms with E-state index in [-0.39, 0.29) is 0 Å². The minimum atomic E-state index is -2.55. The Morgan fingerprint density at radius 2 is 1.40 bits per heavy atom. The maximum absolute atomic E-state index is 6.19. The smallest absolute Gasteiger partial charge is 0.402 e. The second-order valence-corrected chi connectivity index (χ2v) is 7.62. The van der Waals surface area contributed by atoms with Gasteiger partial charge in [-0.1, -0.05) is 18.9 Å². The van der Waals surface area contributed by atoms with Crippen LogP contribution in [0.25, 0.3) is 0 Å². The molecule has 20 heavy (non-hydrogen) atoms. The summed E-state index contributed by atoms with van der Waals surface area (Å²) in [7, 11) is -2.55. The van der Waals surface area contributed by atoms with Crippen molar-refractivity contribution >= 4 is 8.80 Å². The summed E-state index contributed by atoms with van der Waals surface area (Å²) >= 11 is 0. The Morgan fingerprint density at radius 1 is 0.900 bits per heavy atom. The predicted octanol–water partition coefficient (Wildman–Crippen LogP) is 3.85. The molecule has 0 aromatic heterocycles. The third-order valence-corrected chi connectivity index (χ3v) is 6.29. The first kappa shape index (κ1) is 19.6. The van der Waals surface area contributed by atoms with Crippen molar-refractivity contribution in [2.75, 3.05) is 19.8 Å². The van der Waals surface area contributed by atoms with Gasteiger partial charge >= 0.3 is 8.80 Å². The van der Waals surface area contributed by atoms with E-state index in [9.17, 15) is 0 Å². The molecule has 0 unspecified atom stereocenters. The van der Waals surface area contributed by atoms with Gasteiger partial charge < -0.3 is 19.0 Å². The Morgan fingerprint density at radius 3 is 1.80 bits per heavy atom. The summed E-state index contributed by atoms with van der Waals surface area (Å²) in [5.74, 6) is 0. The highest BCUT2D eigenvalue weighted by molar-refractivity contribution is 6.60. The zero-order valence-electron chi connectivity index (χ0n) is 14.0. The maximum atomic E-state index is 6.19. The highest BCUT2D eigenvalue weighted by Gasteiger charge is 2.39. The van der Waals surface area contributed by atoms with Gasteiger partial charge in [-0.15, -0.1) is 0 Å². The van der Waals surface area contributed by atoms with Crippen LogP contribution in [-0.4, -0.2) is 28.6 Å². The fourth-order valence-corrected chi connectivity index (χ4v) is 4.68. The summed E-state index contributed by atoms with van der Waals surface area (Å²) in [6.07, 6.45) is 4.26. The van der Waals surface area contributed by atoms with Crippen LogP contribution in [0, 0.1) is 0 Å². The molecule has 0 aliphatic rings. The largest absolute Gasteiger partial charge is 0.501 e. The van der Waals surface area contributed by atoms with Crippen molar-refractivity contribution in [3.63, 3.8) is 0 Å². The molecule has 0 heterocycles. The average Bonchev–Trinajstić information content (AvgIpc) is 2.43. The van der Waals surface area contributed by atoms with Crippen molar-refractivity contribution in [2.45, 2.75) is 66.3 Å². The van der Waals surface area contributed by atoms with Crippen LogP contribution >= 0.6 is 0 Å². The summed E-state index contributed by atoms with van der Waals surface area (Å²) in [6.45, 7) is 12.1. The molecule has 0 atom stereocenters. The third kappa shape index (κ3) is 7.43. The topological polar surface area (TPSA) is 53.7 Å². The van der Waals surface area contributed by atoms with E-state index in [1.807, 2.05) is 20.8 Å². The van der Waals surface area contributed by atoms with Crippen molar-refractivity contribution in [3.05, 3.63) is 11.3 Å². The second-order valence-electron chi connectivity index (χ2n) is 4.89. The quantitative estimate of drug-likeness (QED) is 0.556. The summed E-state index contributed by atoms with van der Waals surface area (Å²) in [5.41, 5.74) is 8.45. The van der Waals surface area contributed by atoms with Gasteiger partial charge in [0.1, 0.15) is 0 Å². The first-order chi connectivity index (χ1) is 9.55. The average molecular weight is 304 g/mol. The van der Waals surface area contributed by atoms with Crippen LogP contribution in [-0.2, 0) is 13.3 Å². The summed E-state index contributed by atoms with van der Waals surface area (Å²) in [5, 5.41) is 0. The lowest BCUT2D eigenvalue weighted by Gasteiger charge is -2.28. The second kappa shape index (κ2) is 11.3. The van der Waals surface area contributed by atoms with E-state index in [0.29, 0.717) is 19.8 Å². The van der Waals surface area contributed by atoms with E-state index in [1.165, 1.54) is 18.4 Å². The molecule has 0 aliphatic heterocycles. The molecule has 0 aromatic carbocycles. The van der Waals surface area contributed by atoms with E-state index in [2.05, 4.69) is 13.8 Å². The van der Waals surface area contributed by atoms with Gasteiger partial charge in [-0.3, -0.25) is 0 Å². The number of rotatable bonds is 12. The molecule has 0 saturated heterocycles. The Balaban J connectivity index is 4.64. The number of hydrogen-bond donors (Lipinski definition) is 1. The van der Waals surface area contributed by atoms with Gasteiger partial charge in [0.05, 0.1) is 0 Å². The van der Waals surface area contributed by atoms with Crippen molar-refractivity contribution in [2.24, 2.45) is 5.73 Å². The Bertz CT molecular complexity index is 265. The van der Waals surface area contributed by atoms with Crippen LogP contribution in [0.4, 0.5) is 0 Å². The van der Waals surface area contributed by atoms with Crippen LogP contribution in [0.15, 0.2) is 11.3 Å². The number of nitrogens with two attached hydrogens (primary N) is 1. The summed E-state index contributed by atoms with van der Waals surface area (Å²) in [4.78, 5) is 0. The standard InChI is InChI=1S/C15H33NO3Si/c1-6-10-11-14(5)15(16)12-13-20(17-7-2,18-8-3)19-9-4/h6-13,16H2,1-5H3. The fraction of sp³-hybridized carbons (Fsp3) is 0.867. The molecule has 5 heteroatoms. The minimum Gasteiger partial charge on any atom is -0.402 e. The van der Waals surface area contributed by atoms with Gasteiger partial charge in [0, 0.05) is 31.6 Å². The molecule has 0 fully saturated rings. The fourth-order valence-electron chi connectivity index (χ4n) is 2.10. The Labute approximate surface area is 126 Å². The predicted molar refractivity (Wildman–Crippen MR) is 86.5 cm³/mol. The molecule has 0 saturated carbocycles. The molecule has 0 bridgehead atoms. The Hall–Kier alpha value is -0.363. The first-order valence-corrected chi connectivity index (χ1v) is 9.84. The lowest BCUT2D eigenvalue weighted by molar-refractivity contribution is 0.0713. The molecule has 0 aromatic rings. The van der Waals surface area contributed by atoms with Crippen molar-refractivity contribution < 1.29 is 13.3 Å². The number of unbranched alkanes of at least 4 members (excludes halogenated alkanes) is 1. The van der Waals surface area contributed by atoms with Gasteiger partial charge in [-0.05, 0) is 47.0 Å². The zero-order valence-corrected chi connectivity index (χ0v) is 15.0. The Kier molecular flexibility index (Phi) is 11.1. The normalized spacial score (nSPS) is 13.4.